The number of phenols is 1. The zero-order chi connectivity index (χ0) is 20.7. The Bertz CT molecular complexity index is 1140. The highest BCUT2D eigenvalue weighted by Crippen LogP contribution is 2.35. The van der Waals surface area contributed by atoms with Crippen LogP contribution in [0.2, 0.25) is 0 Å². The molecule has 0 fully saturated rings. The van der Waals surface area contributed by atoms with Gasteiger partial charge in [0.25, 0.3) is 0 Å². The van der Waals surface area contributed by atoms with Gasteiger partial charge in [-0.3, -0.25) is 9.58 Å². The Labute approximate surface area is 175 Å². The summed E-state index contributed by atoms with van der Waals surface area (Å²) in [4.78, 5) is 2.18. The third kappa shape index (κ3) is 3.42. The summed E-state index contributed by atoms with van der Waals surface area (Å²) in [5.41, 5.74) is 6.29. The first-order valence-electron chi connectivity index (χ1n) is 10.2. The summed E-state index contributed by atoms with van der Waals surface area (Å²) in [5, 5.41) is 15.2. The maximum atomic E-state index is 14.7. The van der Waals surface area contributed by atoms with Gasteiger partial charge >= 0.3 is 0 Å². The number of phenolic OH excluding ortho intramolecular Hbond substituents is 1. The molecule has 5 nitrogen and oxygen atoms in total. The molecule has 3 heterocycles. The molecule has 1 N–H and O–H groups in total. The van der Waals surface area contributed by atoms with E-state index in [1.54, 1.807) is 12.1 Å². The molecule has 0 bridgehead atoms. The number of benzene rings is 2. The summed E-state index contributed by atoms with van der Waals surface area (Å²) in [6.07, 6.45) is 2.96. The molecule has 6 heteroatoms. The van der Waals surface area contributed by atoms with E-state index < -0.39 is 0 Å². The minimum absolute atomic E-state index is 0.244. The number of fused-ring (bicyclic) bond motifs is 1. The van der Waals surface area contributed by atoms with Crippen molar-refractivity contribution in [3.63, 3.8) is 0 Å². The Morgan fingerprint density at radius 3 is 2.80 bits per heavy atom. The number of aromatic hydroxyl groups is 1. The van der Waals surface area contributed by atoms with Crippen LogP contribution >= 0.6 is 0 Å². The lowest BCUT2D eigenvalue weighted by Crippen LogP contribution is -2.13. The summed E-state index contributed by atoms with van der Waals surface area (Å²) in [5.74, 6) is 0.00122. The number of halogens is 1. The van der Waals surface area contributed by atoms with Crippen molar-refractivity contribution in [1.82, 2.24) is 14.7 Å². The van der Waals surface area contributed by atoms with E-state index in [9.17, 15) is 9.50 Å². The number of nitrogens with zero attached hydrogens (tertiary/aromatic N) is 3. The zero-order valence-corrected chi connectivity index (χ0v) is 16.9. The van der Waals surface area contributed by atoms with Crippen molar-refractivity contribution in [2.24, 2.45) is 0 Å². The molecule has 0 amide bonds. The van der Waals surface area contributed by atoms with Crippen LogP contribution < -0.4 is 0 Å². The number of aromatic nitrogens is 2. The summed E-state index contributed by atoms with van der Waals surface area (Å²) < 4.78 is 22.1. The highest BCUT2D eigenvalue weighted by molar-refractivity contribution is 5.72. The van der Waals surface area contributed by atoms with E-state index in [4.69, 9.17) is 9.84 Å². The van der Waals surface area contributed by atoms with Crippen LogP contribution in [-0.2, 0) is 24.4 Å². The predicted molar refractivity (Wildman–Crippen MR) is 113 cm³/mol. The van der Waals surface area contributed by atoms with Crippen LogP contribution in [0.5, 0.6) is 5.75 Å². The summed E-state index contributed by atoms with van der Waals surface area (Å²) in [7, 11) is 2.05. The van der Waals surface area contributed by atoms with Gasteiger partial charge in [0.2, 0.25) is 0 Å². The van der Waals surface area contributed by atoms with E-state index in [-0.39, 0.29) is 11.6 Å². The van der Waals surface area contributed by atoms with E-state index in [1.165, 1.54) is 6.07 Å². The number of ether oxygens (including phenoxy) is 1. The van der Waals surface area contributed by atoms with Crippen LogP contribution in [0.3, 0.4) is 0 Å². The third-order valence-electron chi connectivity index (χ3n) is 5.76. The van der Waals surface area contributed by atoms with Gasteiger partial charge in [-0.1, -0.05) is 24.3 Å². The van der Waals surface area contributed by atoms with Crippen LogP contribution in [0.15, 0.2) is 48.5 Å². The van der Waals surface area contributed by atoms with Gasteiger partial charge in [0, 0.05) is 29.8 Å². The number of hydrogen-bond acceptors (Lipinski definition) is 4. The predicted octanol–water partition coefficient (Wildman–Crippen LogP) is 4.19. The molecule has 2 aromatic carbocycles. The molecule has 2 aliphatic rings. The minimum atomic E-state index is -0.244. The second-order valence-corrected chi connectivity index (χ2v) is 8.01. The van der Waals surface area contributed by atoms with Crippen molar-refractivity contribution >= 4 is 5.57 Å². The van der Waals surface area contributed by atoms with Crippen molar-refractivity contribution in [3.8, 4) is 17.0 Å². The summed E-state index contributed by atoms with van der Waals surface area (Å²) in [6, 6.07) is 12.5. The van der Waals surface area contributed by atoms with E-state index in [0.717, 1.165) is 53.2 Å². The van der Waals surface area contributed by atoms with E-state index in [0.29, 0.717) is 25.3 Å². The Hall–Kier alpha value is -2.96. The molecule has 1 aromatic heterocycles. The van der Waals surface area contributed by atoms with Crippen LogP contribution in [0.25, 0.3) is 16.8 Å². The van der Waals surface area contributed by atoms with Crippen molar-refractivity contribution in [1.29, 1.82) is 0 Å². The van der Waals surface area contributed by atoms with Crippen LogP contribution in [0.4, 0.5) is 4.39 Å². The first-order chi connectivity index (χ1) is 14.6. The average Bonchev–Trinajstić information content (AvgIpc) is 3.26. The number of hydrogen-bond donors (Lipinski definition) is 1. The molecule has 0 unspecified atom stereocenters. The third-order valence-corrected chi connectivity index (χ3v) is 5.76. The normalized spacial score (nSPS) is 16.5. The topological polar surface area (TPSA) is 50.5 Å². The van der Waals surface area contributed by atoms with Gasteiger partial charge in [-0.25, -0.2) is 4.39 Å². The van der Waals surface area contributed by atoms with Crippen LogP contribution in [-0.4, -0.2) is 40.0 Å². The fraction of sp³-hybridized carbons (Fsp3) is 0.292. The average molecular weight is 405 g/mol. The first kappa shape index (κ1) is 19.0. The Balaban J connectivity index is 1.56. The van der Waals surface area contributed by atoms with Crippen molar-refractivity contribution in [3.05, 3.63) is 76.7 Å². The zero-order valence-electron chi connectivity index (χ0n) is 16.9. The van der Waals surface area contributed by atoms with Gasteiger partial charge in [0.05, 0.1) is 31.1 Å². The fourth-order valence-corrected chi connectivity index (χ4v) is 4.35. The van der Waals surface area contributed by atoms with Gasteiger partial charge in [0.15, 0.2) is 0 Å². The van der Waals surface area contributed by atoms with E-state index in [2.05, 4.69) is 11.0 Å². The fourth-order valence-electron chi connectivity index (χ4n) is 4.35. The van der Waals surface area contributed by atoms with Crippen LogP contribution in [0, 0.1) is 5.82 Å². The lowest BCUT2D eigenvalue weighted by Gasteiger charge is -2.17. The number of rotatable bonds is 4. The Morgan fingerprint density at radius 1 is 1.13 bits per heavy atom. The molecule has 154 valence electrons. The molecule has 0 atom stereocenters. The highest BCUT2D eigenvalue weighted by Gasteiger charge is 2.27. The lowest BCUT2D eigenvalue weighted by atomic mass is 10.00. The minimum Gasteiger partial charge on any atom is -0.507 e. The monoisotopic (exact) mass is 405 g/mol. The van der Waals surface area contributed by atoms with Crippen LogP contribution in [0.1, 0.15) is 28.8 Å². The SMILES string of the molecule is CN1Cc2nn(Cc3ccc(O)c(C4=CCCOC4)c3)c(-c3ccccc3F)c2C1. The van der Waals surface area contributed by atoms with Crippen molar-refractivity contribution in [2.45, 2.75) is 26.1 Å². The van der Waals surface area contributed by atoms with Gasteiger partial charge in [-0.15, -0.1) is 0 Å². The maximum absolute atomic E-state index is 14.7. The van der Waals surface area contributed by atoms with Crippen molar-refractivity contribution < 1.29 is 14.2 Å². The van der Waals surface area contributed by atoms with Gasteiger partial charge in [-0.2, -0.15) is 5.10 Å². The molecular formula is C24H24FN3O2. The van der Waals surface area contributed by atoms with E-state index >= 15 is 0 Å². The molecule has 2 aliphatic heterocycles. The van der Waals surface area contributed by atoms with E-state index in [1.807, 2.05) is 36.0 Å². The Kier molecular flexibility index (Phi) is 4.89. The molecule has 0 saturated carbocycles. The van der Waals surface area contributed by atoms with Gasteiger partial charge < -0.3 is 9.84 Å². The quantitative estimate of drug-likeness (QED) is 0.707. The first-order valence-corrected chi connectivity index (χ1v) is 10.2. The molecule has 3 aromatic rings. The summed E-state index contributed by atoms with van der Waals surface area (Å²) >= 11 is 0. The lowest BCUT2D eigenvalue weighted by molar-refractivity contribution is 0.164. The van der Waals surface area contributed by atoms with Gasteiger partial charge in [0.1, 0.15) is 11.6 Å². The molecule has 30 heavy (non-hydrogen) atoms. The largest absolute Gasteiger partial charge is 0.507 e. The summed E-state index contributed by atoms with van der Waals surface area (Å²) in [6.45, 7) is 3.23. The highest BCUT2D eigenvalue weighted by atomic mass is 19.1. The molecule has 0 spiro atoms. The molecule has 0 radical (unpaired) electrons. The van der Waals surface area contributed by atoms with Gasteiger partial charge in [-0.05, 0) is 48.9 Å². The Morgan fingerprint density at radius 2 is 2.00 bits per heavy atom. The molecule has 0 aliphatic carbocycles. The molecular weight excluding hydrogens is 381 g/mol. The molecule has 0 saturated heterocycles. The second-order valence-electron chi connectivity index (χ2n) is 8.01. The second kappa shape index (κ2) is 7.70. The molecule has 5 rings (SSSR count). The van der Waals surface area contributed by atoms with Crippen molar-refractivity contribution in [2.75, 3.05) is 20.3 Å². The smallest absolute Gasteiger partial charge is 0.132 e. The maximum Gasteiger partial charge on any atom is 0.132 e. The standard InChI is InChI=1S/C24H24FN3O2/c1-27-13-20-22(14-27)26-28(24(20)18-6-2-3-7-21(18)25)12-16-8-9-23(29)19(11-16)17-5-4-10-30-15-17/h2-3,5-9,11,29H,4,10,12-15H2,1H3.